The van der Waals surface area contributed by atoms with Crippen LogP contribution in [0.1, 0.15) is 35.4 Å². The zero-order valence-corrected chi connectivity index (χ0v) is 15.1. The molecule has 0 fully saturated rings. The summed E-state index contributed by atoms with van der Waals surface area (Å²) < 4.78 is 11.6. The molecule has 3 aromatic rings. The Balaban J connectivity index is 1.58. The maximum Gasteiger partial charge on any atom is 0.213 e. The third kappa shape index (κ3) is 2.47. The van der Waals surface area contributed by atoms with E-state index in [2.05, 4.69) is 34.0 Å². The summed E-state index contributed by atoms with van der Waals surface area (Å²) >= 11 is 1.70. The lowest BCUT2D eigenvalue weighted by atomic mass is 9.97. The average Bonchev–Trinajstić information content (AvgIpc) is 3.37. The number of thiophene rings is 1. The summed E-state index contributed by atoms with van der Waals surface area (Å²) in [5, 5.41) is 11.3. The van der Waals surface area contributed by atoms with Crippen LogP contribution >= 0.6 is 11.3 Å². The van der Waals surface area contributed by atoms with Crippen molar-refractivity contribution in [2.75, 3.05) is 7.11 Å². The first-order valence-corrected chi connectivity index (χ1v) is 9.55. The molecule has 130 valence electrons. The Morgan fingerprint density at radius 2 is 1.96 bits per heavy atom. The van der Waals surface area contributed by atoms with Gasteiger partial charge >= 0.3 is 0 Å². The van der Waals surface area contributed by atoms with Crippen molar-refractivity contribution in [1.29, 1.82) is 0 Å². The molecule has 4 nitrogen and oxygen atoms in total. The number of fused-ring (bicyclic) bond motifs is 3. The Kier molecular flexibility index (Phi) is 3.68. The maximum atomic E-state index is 6.35. The van der Waals surface area contributed by atoms with Gasteiger partial charge in [0.2, 0.25) is 6.23 Å². The van der Waals surface area contributed by atoms with Crippen LogP contribution in [0.5, 0.6) is 11.5 Å². The molecule has 5 rings (SSSR count). The predicted octanol–water partition coefficient (Wildman–Crippen LogP) is 5.00. The minimum absolute atomic E-state index is 0.196. The smallest absolute Gasteiger partial charge is 0.213 e. The highest BCUT2D eigenvalue weighted by molar-refractivity contribution is 7.08. The highest BCUT2D eigenvalue weighted by Crippen LogP contribution is 2.47. The summed E-state index contributed by atoms with van der Waals surface area (Å²) in [7, 11) is 1.68. The molecule has 2 aromatic carbocycles. The number of ether oxygens (including phenoxy) is 2. The Morgan fingerprint density at radius 1 is 1.12 bits per heavy atom. The Hall–Kier alpha value is -2.79. The summed E-state index contributed by atoms with van der Waals surface area (Å²) in [6.07, 6.45) is 0.654. The molecule has 2 aliphatic rings. The lowest BCUT2D eigenvalue weighted by Crippen LogP contribution is -2.33. The van der Waals surface area contributed by atoms with Crippen molar-refractivity contribution < 1.29 is 9.47 Å². The van der Waals surface area contributed by atoms with Crippen LogP contribution in [0.3, 0.4) is 0 Å². The second-order valence-corrected chi connectivity index (χ2v) is 7.22. The molecule has 26 heavy (non-hydrogen) atoms. The van der Waals surface area contributed by atoms with E-state index in [1.165, 1.54) is 11.1 Å². The number of hydrogen-bond donors (Lipinski definition) is 0. The van der Waals surface area contributed by atoms with E-state index in [1.54, 1.807) is 18.4 Å². The van der Waals surface area contributed by atoms with Gasteiger partial charge in [-0.3, -0.25) is 0 Å². The Labute approximate surface area is 156 Å². The first-order chi connectivity index (χ1) is 12.8. The molecule has 0 spiro atoms. The lowest BCUT2D eigenvalue weighted by Gasteiger charge is -2.38. The molecule has 0 amide bonds. The SMILES string of the molecule is COc1ccc([C@H]2Oc3ccccc3[C@H]3CC(c4ccsc4)=NN32)cc1. The van der Waals surface area contributed by atoms with Crippen molar-refractivity contribution in [2.45, 2.75) is 18.7 Å². The summed E-state index contributed by atoms with van der Waals surface area (Å²) in [4.78, 5) is 0. The molecule has 0 radical (unpaired) electrons. The normalized spacial score (nSPS) is 20.8. The molecule has 0 unspecified atom stereocenters. The van der Waals surface area contributed by atoms with Gasteiger partial charge in [0.1, 0.15) is 11.5 Å². The van der Waals surface area contributed by atoms with Gasteiger partial charge in [0, 0.05) is 23.1 Å². The van der Waals surface area contributed by atoms with Crippen molar-refractivity contribution in [3.05, 3.63) is 82.0 Å². The second-order valence-electron chi connectivity index (χ2n) is 6.44. The fourth-order valence-electron chi connectivity index (χ4n) is 3.63. The van der Waals surface area contributed by atoms with Crippen LogP contribution in [0.4, 0.5) is 0 Å². The number of hydrogen-bond acceptors (Lipinski definition) is 5. The minimum Gasteiger partial charge on any atom is -0.497 e. The number of methoxy groups -OCH3 is 1. The molecular formula is C21H18N2O2S. The van der Waals surface area contributed by atoms with Gasteiger partial charge in [-0.2, -0.15) is 16.4 Å². The predicted molar refractivity (Wildman–Crippen MR) is 103 cm³/mol. The molecule has 0 aliphatic carbocycles. The molecule has 3 heterocycles. The highest BCUT2D eigenvalue weighted by Gasteiger charge is 2.40. The molecule has 0 saturated carbocycles. The van der Waals surface area contributed by atoms with Gasteiger partial charge in [-0.15, -0.1) is 0 Å². The topological polar surface area (TPSA) is 34.1 Å². The third-order valence-corrected chi connectivity index (χ3v) is 5.64. The lowest BCUT2D eigenvalue weighted by molar-refractivity contribution is -0.0190. The maximum absolute atomic E-state index is 6.35. The number of benzene rings is 2. The van der Waals surface area contributed by atoms with Gasteiger partial charge in [0.25, 0.3) is 0 Å². The van der Waals surface area contributed by atoms with E-state index in [-0.39, 0.29) is 12.3 Å². The van der Waals surface area contributed by atoms with Gasteiger partial charge in [0.15, 0.2) is 0 Å². The zero-order valence-electron chi connectivity index (χ0n) is 14.3. The molecule has 2 atom stereocenters. The van der Waals surface area contributed by atoms with Crippen molar-refractivity contribution in [3.63, 3.8) is 0 Å². The van der Waals surface area contributed by atoms with E-state index in [9.17, 15) is 0 Å². The molecule has 0 bridgehead atoms. The molecule has 5 heteroatoms. The fourth-order valence-corrected chi connectivity index (χ4v) is 4.29. The van der Waals surface area contributed by atoms with Crippen molar-refractivity contribution >= 4 is 17.0 Å². The monoisotopic (exact) mass is 362 g/mol. The van der Waals surface area contributed by atoms with Gasteiger partial charge < -0.3 is 9.47 Å². The van der Waals surface area contributed by atoms with E-state index in [0.29, 0.717) is 0 Å². The number of nitrogens with zero attached hydrogens (tertiary/aromatic N) is 2. The average molecular weight is 362 g/mol. The Bertz CT molecular complexity index is 950. The van der Waals surface area contributed by atoms with E-state index >= 15 is 0 Å². The van der Waals surface area contributed by atoms with Crippen LogP contribution in [0, 0.1) is 0 Å². The van der Waals surface area contributed by atoms with E-state index in [1.807, 2.05) is 36.4 Å². The van der Waals surface area contributed by atoms with Crippen molar-refractivity contribution in [3.8, 4) is 11.5 Å². The van der Waals surface area contributed by atoms with Crippen molar-refractivity contribution in [2.24, 2.45) is 5.10 Å². The number of para-hydroxylation sites is 1. The quantitative estimate of drug-likeness (QED) is 0.658. The van der Waals surface area contributed by atoms with E-state index in [4.69, 9.17) is 14.6 Å². The number of hydrazone groups is 1. The molecule has 0 N–H and O–H groups in total. The Morgan fingerprint density at radius 3 is 2.73 bits per heavy atom. The van der Waals surface area contributed by atoms with Crippen LogP contribution in [-0.4, -0.2) is 17.8 Å². The van der Waals surface area contributed by atoms with Gasteiger partial charge in [-0.1, -0.05) is 18.2 Å². The van der Waals surface area contributed by atoms with E-state index in [0.717, 1.165) is 29.2 Å². The van der Waals surface area contributed by atoms with Gasteiger partial charge in [0.05, 0.1) is 18.9 Å². The second kappa shape index (κ2) is 6.18. The standard InChI is InChI=1S/C21H18N2O2S/c1-24-16-8-6-14(7-9-16)21-23-19(17-4-2-3-5-20(17)25-21)12-18(22-23)15-10-11-26-13-15/h2-11,13,19,21H,12H2,1H3/t19-,21-/m1/s1. The minimum atomic E-state index is -0.239. The highest BCUT2D eigenvalue weighted by atomic mass is 32.1. The van der Waals surface area contributed by atoms with Crippen LogP contribution in [0.15, 0.2) is 70.5 Å². The summed E-state index contributed by atoms with van der Waals surface area (Å²) in [5.74, 6) is 1.78. The van der Waals surface area contributed by atoms with Gasteiger partial charge in [-0.25, -0.2) is 5.01 Å². The first-order valence-electron chi connectivity index (χ1n) is 8.61. The number of rotatable bonds is 3. The van der Waals surface area contributed by atoms with Crippen LogP contribution < -0.4 is 9.47 Å². The largest absolute Gasteiger partial charge is 0.497 e. The van der Waals surface area contributed by atoms with Crippen LogP contribution in [-0.2, 0) is 0 Å². The molecule has 0 saturated heterocycles. The van der Waals surface area contributed by atoms with E-state index < -0.39 is 0 Å². The van der Waals surface area contributed by atoms with Crippen LogP contribution in [0.2, 0.25) is 0 Å². The van der Waals surface area contributed by atoms with Crippen LogP contribution in [0.25, 0.3) is 0 Å². The zero-order chi connectivity index (χ0) is 17.5. The fraction of sp³-hybridized carbons (Fsp3) is 0.190. The third-order valence-electron chi connectivity index (χ3n) is 4.95. The molecule has 2 aliphatic heterocycles. The first kappa shape index (κ1) is 15.5. The summed E-state index contributed by atoms with van der Waals surface area (Å²) in [6.45, 7) is 0. The van der Waals surface area contributed by atoms with Crippen molar-refractivity contribution in [1.82, 2.24) is 5.01 Å². The summed E-state index contributed by atoms with van der Waals surface area (Å²) in [5.41, 5.74) is 4.59. The molecular weight excluding hydrogens is 344 g/mol. The molecule has 1 aromatic heterocycles. The summed E-state index contributed by atoms with van der Waals surface area (Å²) in [6, 6.07) is 18.6. The van der Waals surface area contributed by atoms with Gasteiger partial charge in [-0.05, 0) is 47.2 Å².